The fourth-order valence-corrected chi connectivity index (χ4v) is 5.17. The van der Waals surface area contributed by atoms with E-state index >= 15 is 0 Å². The van der Waals surface area contributed by atoms with Crippen molar-refractivity contribution in [1.29, 1.82) is 0 Å². The lowest BCUT2D eigenvalue weighted by atomic mass is 9.77. The van der Waals surface area contributed by atoms with Crippen molar-refractivity contribution >= 4 is 22.8 Å². The molecule has 6 rings (SSSR count). The van der Waals surface area contributed by atoms with Crippen molar-refractivity contribution in [1.82, 2.24) is 24.8 Å². The van der Waals surface area contributed by atoms with E-state index < -0.39 is 5.60 Å². The van der Waals surface area contributed by atoms with Crippen molar-refractivity contribution in [3.05, 3.63) is 53.3 Å². The Kier molecular flexibility index (Phi) is 4.60. The number of imidazole rings is 1. The lowest BCUT2D eigenvalue weighted by Gasteiger charge is -2.37. The standard InChI is InChI=1S/C24H20N6O4/c25-21-20(28-34-29-21)22-27-19-17(6-3-13-31)26-12-9-18(19)30(22)14-7-10-24(11-8-14)16-5-2-1-4-15(16)23(32)33-24/h1-2,4-5,9,12,14,31H,7-8,10-11,13H2,(H2,25,29). The molecule has 10 nitrogen and oxygen atoms in total. The predicted octanol–water partition coefficient (Wildman–Crippen LogP) is 2.59. The minimum absolute atomic E-state index is 0.0363. The van der Waals surface area contributed by atoms with Crippen LogP contribution in [-0.4, -0.2) is 42.5 Å². The minimum atomic E-state index is -0.603. The zero-order chi connectivity index (χ0) is 23.3. The van der Waals surface area contributed by atoms with E-state index in [2.05, 4.69) is 31.7 Å². The van der Waals surface area contributed by atoms with E-state index in [-0.39, 0.29) is 24.4 Å². The smallest absolute Gasteiger partial charge is 0.339 e. The van der Waals surface area contributed by atoms with Gasteiger partial charge in [-0.1, -0.05) is 24.1 Å². The van der Waals surface area contributed by atoms with Crippen LogP contribution in [0.4, 0.5) is 5.82 Å². The lowest BCUT2D eigenvalue weighted by Crippen LogP contribution is -2.33. The summed E-state index contributed by atoms with van der Waals surface area (Å²) >= 11 is 0. The number of rotatable bonds is 2. The number of aromatic nitrogens is 5. The van der Waals surface area contributed by atoms with E-state index in [9.17, 15) is 4.79 Å². The van der Waals surface area contributed by atoms with Crippen LogP contribution < -0.4 is 5.73 Å². The van der Waals surface area contributed by atoms with Gasteiger partial charge in [0.05, 0.1) is 11.1 Å². The largest absolute Gasteiger partial charge is 0.451 e. The monoisotopic (exact) mass is 456 g/mol. The summed E-state index contributed by atoms with van der Waals surface area (Å²) in [6.07, 6.45) is 4.49. The van der Waals surface area contributed by atoms with E-state index in [1.165, 1.54) is 0 Å². The van der Waals surface area contributed by atoms with E-state index in [4.69, 9.17) is 25.2 Å². The van der Waals surface area contributed by atoms with Crippen LogP contribution >= 0.6 is 0 Å². The number of carbonyl (C=O) groups is 1. The van der Waals surface area contributed by atoms with Crippen LogP contribution in [0.15, 0.2) is 41.2 Å². The van der Waals surface area contributed by atoms with Gasteiger partial charge < -0.3 is 20.1 Å². The number of benzene rings is 1. The highest BCUT2D eigenvalue weighted by molar-refractivity contribution is 5.94. The average Bonchev–Trinajstić information content (AvgIpc) is 3.53. The highest BCUT2D eigenvalue weighted by atomic mass is 16.6. The van der Waals surface area contributed by atoms with Crippen molar-refractivity contribution < 1.29 is 19.3 Å². The molecule has 1 aromatic carbocycles. The second-order valence-electron chi connectivity index (χ2n) is 8.45. The van der Waals surface area contributed by atoms with Crippen LogP contribution in [0, 0.1) is 11.8 Å². The normalized spacial score (nSPS) is 21.3. The molecule has 1 aliphatic heterocycles. The number of hydrogen-bond acceptors (Lipinski definition) is 9. The Hall–Kier alpha value is -4.23. The number of ether oxygens (including phenoxy) is 1. The van der Waals surface area contributed by atoms with Gasteiger partial charge in [0.2, 0.25) is 0 Å². The third-order valence-corrected chi connectivity index (χ3v) is 6.67. The van der Waals surface area contributed by atoms with Crippen molar-refractivity contribution in [2.24, 2.45) is 0 Å². The van der Waals surface area contributed by atoms with Gasteiger partial charge in [-0.25, -0.2) is 19.4 Å². The van der Waals surface area contributed by atoms with E-state index in [0.29, 0.717) is 41.1 Å². The summed E-state index contributed by atoms with van der Waals surface area (Å²) in [7, 11) is 0. The number of nitrogens with two attached hydrogens (primary N) is 1. The van der Waals surface area contributed by atoms with Crippen LogP contribution in [0.1, 0.15) is 53.3 Å². The van der Waals surface area contributed by atoms with Crippen molar-refractivity contribution in [3.8, 4) is 23.4 Å². The Bertz CT molecular complexity index is 1490. The SMILES string of the molecule is Nc1nonc1-c1nc2c(C#CCO)nccc2n1C1CCC2(CC1)OC(=O)c1ccccc12. The van der Waals surface area contributed by atoms with Gasteiger partial charge in [-0.3, -0.25) is 0 Å². The van der Waals surface area contributed by atoms with Gasteiger partial charge in [0.15, 0.2) is 17.3 Å². The summed E-state index contributed by atoms with van der Waals surface area (Å²) in [6.45, 7) is -0.281. The third kappa shape index (κ3) is 2.98. The van der Waals surface area contributed by atoms with Gasteiger partial charge in [0.25, 0.3) is 0 Å². The number of aliphatic hydroxyl groups is 1. The molecule has 2 aliphatic rings. The molecule has 34 heavy (non-hydrogen) atoms. The molecule has 0 unspecified atom stereocenters. The maximum atomic E-state index is 12.5. The summed E-state index contributed by atoms with van der Waals surface area (Å²) < 4.78 is 12.8. The number of aliphatic hydroxyl groups excluding tert-OH is 1. The molecule has 3 N–H and O–H groups in total. The zero-order valence-electron chi connectivity index (χ0n) is 18.1. The molecule has 3 aromatic heterocycles. The molecule has 1 saturated carbocycles. The van der Waals surface area contributed by atoms with Crippen LogP contribution in [0.2, 0.25) is 0 Å². The van der Waals surface area contributed by atoms with Gasteiger partial charge in [0.1, 0.15) is 23.4 Å². The van der Waals surface area contributed by atoms with Gasteiger partial charge in [-0.05, 0) is 54.0 Å². The Morgan fingerprint density at radius 1 is 1.21 bits per heavy atom. The molecule has 10 heteroatoms. The Morgan fingerprint density at radius 3 is 2.79 bits per heavy atom. The predicted molar refractivity (Wildman–Crippen MR) is 120 cm³/mol. The summed E-state index contributed by atoms with van der Waals surface area (Å²) in [5, 5.41) is 16.8. The number of hydrogen-bond donors (Lipinski definition) is 2. The molecule has 170 valence electrons. The third-order valence-electron chi connectivity index (χ3n) is 6.67. The van der Waals surface area contributed by atoms with Gasteiger partial charge >= 0.3 is 5.97 Å². The van der Waals surface area contributed by atoms with Crippen LogP contribution in [0.5, 0.6) is 0 Å². The number of nitrogens with zero attached hydrogens (tertiary/aromatic N) is 5. The van der Waals surface area contributed by atoms with E-state index in [1.54, 1.807) is 6.20 Å². The molecule has 4 heterocycles. The highest BCUT2D eigenvalue weighted by Crippen LogP contribution is 2.50. The van der Waals surface area contributed by atoms with Gasteiger partial charge in [0, 0.05) is 17.8 Å². The molecule has 0 radical (unpaired) electrons. The highest BCUT2D eigenvalue weighted by Gasteiger charge is 2.48. The molecular formula is C24H20N6O4. The van der Waals surface area contributed by atoms with Crippen molar-refractivity contribution in [3.63, 3.8) is 0 Å². The van der Waals surface area contributed by atoms with Gasteiger partial charge in [-0.2, -0.15) is 0 Å². The van der Waals surface area contributed by atoms with Crippen molar-refractivity contribution in [2.75, 3.05) is 12.3 Å². The minimum Gasteiger partial charge on any atom is -0.451 e. The molecule has 1 aliphatic carbocycles. The lowest BCUT2D eigenvalue weighted by molar-refractivity contribution is -0.0344. The number of carbonyl (C=O) groups excluding carboxylic acids is 1. The first-order valence-electron chi connectivity index (χ1n) is 11.0. The number of fused-ring (bicyclic) bond motifs is 3. The number of nitrogen functional groups attached to an aromatic ring is 1. The number of pyridine rings is 1. The molecule has 0 amide bonds. The van der Waals surface area contributed by atoms with Crippen LogP contribution in [0.3, 0.4) is 0 Å². The molecule has 0 bridgehead atoms. The molecule has 4 aromatic rings. The topological polar surface area (TPSA) is 142 Å². The van der Waals surface area contributed by atoms with Crippen molar-refractivity contribution in [2.45, 2.75) is 37.3 Å². The number of anilines is 1. The molecule has 0 saturated heterocycles. The van der Waals surface area contributed by atoms with Gasteiger partial charge in [-0.15, -0.1) is 0 Å². The summed E-state index contributed by atoms with van der Waals surface area (Å²) in [4.78, 5) is 21.6. The fourth-order valence-electron chi connectivity index (χ4n) is 5.17. The summed E-state index contributed by atoms with van der Waals surface area (Å²) in [6, 6.07) is 9.51. The average molecular weight is 456 g/mol. The first-order valence-corrected chi connectivity index (χ1v) is 11.0. The van der Waals surface area contributed by atoms with E-state index in [0.717, 1.165) is 23.9 Å². The zero-order valence-corrected chi connectivity index (χ0v) is 18.1. The Morgan fingerprint density at radius 2 is 2.03 bits per heavy atom. The van der Waals surface area contributed by atoms with E-state index in [1.807, 2.05) is 30.3 Å². The molecule has 1 fully saturated rings. The Balaban J connectivity index is 1.43. The molecule has 0 atom stereocenters. The second kappa shape index (κ2) is 7.67. The first-order chi connectivity index (χ1) is 16.6. The maximum absolute atomic E-state index is 12.5. The second-order valence-corrected chi connectivity index (χ2v) is 8.45. The first kappa shape index (κ1) is 20.4. The molecule has 1 spiro atoms. The molecular weight excluding hydrogens is 436 g/mol. The number of esters is 1. The maximum Gasteiger partial charge on any atom is 0.339 e. The van der Waals surface area contributed by atoms with Crippen LogP contribution in [0.25, 0.3) is 22.6 Å². The van der Waals surface area contributed by atoms with Crippen LogP contribution in [-0.2, 0) is 10.3 Å². The fraction of sp³-hybridized carbons (Fsp3) is 0.292. The summed E-state index contributed by atoms with van der Waals surface area (Å²) in [5.74, 6) is 5.88. The Labute approximate surface area is 193 Å². The summed E-state index contributed by atoms with van der Waals surface area (Å²) in [5.41, 5.74) is 9.22. The quantitative estimate of drug-likeness (QED) is 0.344.